The molecule has 0 unspecified atom stereocenters. The maximum absolute atomic E-state index is 12.6. The molecule has 1 heterocycles. The molecule has 0 N–H and O–H groups in total. The van der Waals surface area contributed by atoms with Gasteiger partial charge in [-0.15, -0.1) is 0 Å². The van der Waals surface area contributed by atoms with E-state index in [0.29, 0.717) is 47.5 Å². The summed E-state index contributed by atoms with van der Waals surface area (Å²) >= 11 is 12.0. The predicted molar refractivity (Wildman–Crippen MR) is 106 cm³/mol. The highest BCUT2D eigenvalue weighted by atomic mass is 35.5. The van der Waals surface area contributed by atoms with Gasteiger partial charge in [0.05, 0.1) is 10.6 Å². The number of hydrogen-bond acceptors (Lipinski definition) is 3. The van der Waals surface area contributed by atoms with E-state index in [1.807, 2.05) is 31.2 Å². The molecule has 2 aromatic carbocycles. The van der Waals surface area contributed by atoms with Crippen LogP contribution in [0.1, 0.15) is 15.9 Å². The first kappa shape index (κ1) is 19.5. The number of nitrogens with zero attached hydrogens (tertiary/aromatic N) is 2. The zero-order chi connectivity index (χ0) is 19.4. The number of carbonyl (C=O) groups excluding carboxylic acids is 2. The molecule has 27 heavy (non-hydrogen) atoms. The van der Waals surface area contributed by atoms with E-state index >= 15 is 0 Å². The largest absolute Gasteiger partial charge is 0.484 e. The molecular weight excluding hydrogens is 387 g/mol. The Morgan fingerprint density at radius 2 is 1.59 bits per heavy atom. The van der Waals surface area contributed by atoms with Crippen molar-refractivity contribution < 1.29 is 14.3 Å². The lowest BCUT2D eigenvalue weighted by atomic mass is 10.1. The molecule has 3 rings (SSSR count). The second-order valence-corrected chi connectivity index (χ2v) is 7.24. The minimum absolute atomic E-state index is 0.0139. The number of piperazine rings is 1. The van der Waals surface area contributed by atoms with Gasteiger partial charge in [0.1, 0.15) is 5.75 Å². The van der Waals surface area contributed by atoms with E-state index in [4.69, 9.17) is 27.9 Å². The average Bonchev–Trinajstić information content (AvgIpc) is 2.67. The zero-order valence-electron chi connectivity index (χ0n) is 15.0. The van der Waals surface area contributed by atoms with Gasteiger partial charge in [-0.25, -0.2) is 0 Å². The summed E-state index contributed by atoms with van der Waals surface area (Å²) < 4.78 is 5.54. The normalized spacial score (nSPS) is 14.2. The van der Waals surface area contributed by atoms with Crippen molar-refractivity contribution in [1.82, 2.24) is 9.80 Å². The molecule has 0 aromatic heterocycles. The highest BCUT2D eigenvalue weighted by molar-refractivity contribution is 6.36. The molecule has 142 valence electrons. The first-order valence-corrected chi connectivity index (χ1v) is 9.41. The zero-order valence-corrected chi connectivity index (χ0v) is 16.5. The molecule has 2 aromatic rings. The lowest BCUT2D eigenvalue weighted by Crippen LogP contribution is -2.51. The number of carbonyl (C=O) groups is 2. The predicted octanol–water partition coefficient (Wildman–Crippen LogP) is 3.67. The number of benzene rings is 2. The first-order valence-electron chi connectivity index (χ1n) is 8.65. The third kappa shape index (κ3) is 4.93. The number of aryl methyl sites for hydroxylation is 1. The molecule has 0 spiro atoms. The first-order chi connectivity index (χ1) is 12.9. The Bertz CT molecular complexity index is 832. The molecule has 1 fully saturated rings. The van der Waals surface area contributed by atoms with E-state index < -0.39 is 0 Å². The van der Waals surface area contributed by atoms with Crippen molar-refractivity contribution in [1.29, 1.82) is 0 Å². The van der Waals surface area contributed by atoms with Crippen LogP contribution in [0.25, 0.3) is 0 Å². The van der Waals surface area contributed by atoms with Crippen LogP contribution >= 0.6 is 23.2 Å². The minimum Gasteiger partial charge on any atom is -0.484 e. The molecule has 1 saturated heterocycles. The molecular formula is C20H20Cl2N2O3. The Morgan fingerprint density at radius 3 is 2.22 bits per heavy atom. The topological polar surface area (TPSA) is 49.9 Å². The summed E-state index contributed by atoms with van der Waals surface area (Å²) in [6, 6.07) is 12.4. The summed E-state index contributed by atoms with van der Waals surface area (Å²) in [6.07, 6.45) is 0. The van der Waals surface area contributed by atoms with Crippen molar-refractivity contribution in [3.8, 4) is 5.75 Å². The number of rotatable bonds is 4. The van der Waals surface area contributed by atoms with Crippen molar-refractivity contribution in [3.63, 3.8) is 0 Å². The minimum atomic E-state index is -0.153. The van der Waals surface area contributed by atoms with Crippen LogP contribution in [0.2, 0.25) is 10.0 Å². The molecule has 0 bridgehead atoms. The van der Waals surface area contributed by atoms with E-state index in [1.54, 1.807) is 28.0 Å². The Balaban J connectivity index is 1.51. The van der Waals surface area contributed by atoms with Crippen LogP contribution in [-0.2, 0) is 4.79 Å². The molecule has 0 saturated carbocycles. The third-order valence-corrected chi connectivity index (χ3v) is 5.01. The fourth-order valence-corrected chi connectivity index (χ4v) is 3.35. The Hall–Kier alpha value is -2.24. The van der Waals surface area contributed by atoms with Crippen molar-refractivity contribution >= 4 is 35.0 Å². The van der Waals surface area contributed by atoms with Crippen LogP contribution in [0.5, 0.6) is 5.75 Å². The molecule has 0 atom stereocenters. The summed E-state index contributed by atoms with van der Waals surface area (Å²) in [5.41, 5.74) is 1.55. The van der Waals surface area contributed by atoms with Gasteiger partial charge in [0.15, 0.2) is 6.61 Å². The van der Waals surface area contributed by atoms with Crippen LogP contribution in [0.4, 0.5) is 0 Å². The SMILES string of the molecule is Cc1ccc(OCC(=O)N2CCN(C(=O)c3ccc(Cl)cc3Cl)CC2)cc1. The van der Waals surface area contributed by atoms with Crippen LogP contribution in [-0.4, -0.2) is 54.4 Å². The van der Waals surface area contributed by atoms with E-state index in [0.717, 1.165) is 5.56 Å². The van der Waals surface area contributed by atoms with E-state index in [-0.39, 0.29) is 18.4 Å². The molecule has 1 aliphatic rings. The summed E-state index contributed by atoms with van der Waals surface area (Å²) in [5.74, 6) is 0.423. The monoisotopic (exact) mass is 406 g/mol. The van der Waals surface area contributed by atoms with Gasteiger partial charge in [-0.2, -0.15) is 0 Å². The highest BCUT2D eigenvalue weighted by Crippen LogP contribution is 2.23. The second-order valence-electron chi connectivity index (χ2n) is 6.40. The van der Waals surface area contributed by atoms with Gasteiger partial charge >= 0.3 is 0 Å². The molecule has 0 aliphatic carbocycles. The van der Waals surface area contributed by atoms with Crippen molar-refractivity contribution in [3.05, 3.63) is 63.6 Å². The number of halogens is 2. The maximum atomic E-state index is 12.6. The number of ether oxygens (including phenoxy) is 1. The quantitative estimate of drug-likeness (QED) is 0.777. The lowest BCUT2D eigenvalue weighted by Gasteiger charge is -2.34. The standard InChI is InChI=1S/C20H20Cl2N2O3/c1-14-2-5-16(6-3-14)27-13-19(25)23-8-10-24(11-9-23)20(26)17-7-4-15(21)12-18(17)22/h2-7,12H,8-11,13H2,1H3. The second kappa shape index (κ2) is 8.63. The third-order valence-electron chi connectivity index (χ3n) is 4.46. The fraction of sp³-hybridized carbons (Fsp3) is 0.300. The van der Waals surface area contributed by atoms with Crippen molar-refractivity contribution in [2.75, 3.05) is 32.8 Å². The van der Waals surface area contributed by atoms with Crippen LogP contribution in [0, 0.1) is 6.92 Å². The fourth-order valence-electron chi connectivity index (χ4n) is 2.86. The van der Waals surface area contributed by atoms with Crippen molar-refractivity contribution in [2.24, 2.45) is 0 Å². The molecule has 1 aliphatic heterocycles. The molecule has 7 heteroatoms. The molecule has 0 radical (unpaired) electrons. The number of amides is 2. The summed E-state index contributed by atoms with van der Waals surface area (Å²) in [6.45, 7) is 3.81. The van der Waals surface area contributed by atoms with E-state index in [1.165, 1.54) is 0 Å². The van der Waals surface area contributed by atoms with Crippen LogP contribution in [0.3, 0.4) is 0 Å². The molecule has 2 amide bonds. The van der Waals surface area contributed by atoms with E-state index in [2.05, 4.69) is 0 Å². The Labute approximate surface area is 168 Å². The van der Waals surface area contributed by atoms with Gasteiger partial charge in [0, 0.05) is 31.2 Å². The van der Waals surface area contributed by atoms with Gasteiger partial charge in [-0.3, -0.25) is 9.59 Å². The van der Waals surface area contributed by atoms with Gasteiger partial charge in [0.25, 0.3) is 11.8 Å². The van der Waals surface area contributed by atoms with Gasteiger partial charge in [-0.1, -0.05) is 40.9 Å². The molecule has 5 nitrogen and oxygen atoms in total. The van der Waals surface area contributed by atoms with E-state index in [9.17, 15) is 9.59 Å². The Kier molecular flexibility index (Phi) is 6.24. The lowest BCUT2D eigenvalue weighted by molar-refractivity contribution is -0.134. The average molecular weight is 407 g/mol. The summed E-state index contributed by atoms with van der Waals surface area (Å²) in [4.78, 5) is 28.4. The van der Waals surface area contributed by atoms with Gasteiger partial charge in [0.2, 0.25) is 0 Å². The van der Waals surface area contributed by atoms with Crippen LogP contribution in [0.15, 0.2) is 42.5 Å². The number of hydrogen-bond donors (Lipinski definition) is 0. The summed E-state index contributed by atoms with van der Waals surface area (Å²) in [7, 11) is 0. The van der Waals surface area contributed by atoms with Crippen molar-refractivity contribution in [2.45, 2.75) is 6.92 Å². The Morgan fingerprint density at radius 1 is 0.963 bits per heavy atom. The smallest absolute Gasteiger partial charge is 0.260 e. The van der Waals surface area contributed by atoms with Gasteiger partial charge < -0.3 is 14.5 Å². The summed E-state index contributed by atoms with van der Waals surface area (Å²) in [5, 5.41) is 0.818. The maximum Gasteiger partial charge on any atom is 0.260 e. The van der Waals surface area contributed by atoms with Crippen LogP contribution < -0.4 is 4.74 Å². The highest BCUT2D eigenvalue weighted by Gasteiger charge is 2.26. The van der Waals surface area contributed by atoms with Gasteiger partial charge in [-0.05, 0) is 37.3 Å².